The quantitative estimate of drug-likeness (QED) is 0.459. The van der Waals surface area contributed by atoms with E-state index < -0.39 is 24.0 Å². The van der Waals surface area contributed by atoms with E-state index in [9.17, 15) is 19.8 Å². The standard InChI is InChI=1S/C7H14N2O4.2K/c8-4(6(10)11)2-1-3-5(9)7(12)13;;/h4-5H,1-3,8-9H2,(H,10,11)(H,12,13);;/q;2*+1/p-2/t4-,5+;;. The van der Waals surface area contributed by atoms with Gasteiger partial charge >= 0.3 is 103 Å². The van der Waals surface area contributed by atoms with Gasteiger partial charge in [-0.1, -0.05) is 0 Å². The Kier molecular flexibility index (Phi) is 18.7. The number of carbonyl (C=O) groups is 2. The number of aliphatic carboxylic acids is 2. The first-order valence-electron chi connectivity index (χ1n) is 3.88. The van der Waals surface area contributed by atoms with E-state index in [-0.39, 0.29) is 116 Å². The number of rotatable bonds is 6. The van der Waals surface area contributed by atoms with Gasteiger partial charge in [-0.15, -0.1) is 0 Å². The van der Waals surface area contributed by atoms with E-state index in [0.29, 0.717) is 6.42 Å². The first-order valence-corrected chi connectivity index (χ1v) is 3.88. The van der Waals surface area contributed by atoms with Crippen molar-refractivity contribution in [3.63, 3.8) is 0 Å². The maximum atomic E-state index is 10.1. The number of carbonyl (C=O) groups excluding carboxylic acids is 2. The molecule has 8 heteroatoms. The van der Waals surface area contributed by atoms with E-state index >= 15 is 0 Å². The zero-order valence-electron chi connectivity index (χ0n) is 9.06. The summed E-state index contributed by atoms with van der Waals surface area (Å²) in [4.78, 5) is 20.2. The Bertz CT molecular complexity index is 183. The monoisotopic (exact) mass is 266 g/mol. The Morgan fingerprint density at radius 3 is 1.40 bits per heavy atom. The maximum Gasteiger partial charge on any atom is 1.00 e. The molecule has 0 rings (SSSR count). The molecule has 0 heterocycles. The SMILES string of the molecule is N[C@H](CCC[C@H](N)C(=O)[O-])C(=O)[O-].[K+].[K+]. The van der Waals surface area contributed by atoms with E-state index in [1.807, 2.05) is 0 Å². The average molecular weight is 266 g/mol. The molecule has 0 aliphatic carbocycles. The third kappa shape index (κ3) is 12.4. The first kappa shape index (κ1) is 22.3. The zero-order chi connectivity index (χ0) is 10.4. The summed E-state index contributed by atoms with van der Waals surface area (Å²) >= 11 is 0. The summed E-state index contributed by atoms with van der Waals surface area (Å²) in [6, 6.07) is -2.12. The van der Waals surface area contributed by atoms with Crippen LogP contribution in [0.1, 0.15) is 19.3 Å². The number of nitrogens with two attached hydrogens (primary N) is 2. The molecule has 0 fully saturated rings. The van der Waals surface area contributed by atoms with Gasteiger partial charge in [-0.25, -0.2) is 0 Å². The molecule has 0 aromatic rings. The van der Waals surface area contributed by atoms with Crippen LogP contribution in [0.3, 0.4) is 0 Å². The maximum absolute atomic E-state index is 10.1. The molecule has 0 radical (unpaired) electrons. The minimum Gasteiger partial charge on any atom is -0.548 e. The molecule has 0 aliphatic heterocycles. The molecule has 0 bridgehead atoms. The third-order valence-corrected chi connectivity index (χ3v) is 1.64. The van der Waals surface area contributed by atoms with Crippen LogP contribution < -0.4 is 124 Å². The minimum absolute atomic E-state index is 0. The summed E-state index contributed by atoms with van der Waals surface area (Å²) in [5.74, 6) is -2.69. The molecule has 76 valence electrons. The summed E-state index contributed by atoms with van der Waals surface area (Å²) in [5, 5.41) is 20.2. The largest absolute Gasteiger partial charge is 1.00 e. The van der Waals surface area contributed by atoms with Gasteiger partial charge in [0.15, 0.2) is 0 Å². The third-order valence-electron chi connectivity index (χ3n) is 1.64. The number of carboxylic acid groups (broad SMARTS) is 2. The summed E-state index contributed by atoms with van der Waals surface area (Å²) < 4.78 is 0. The number of carboxylic acids is 2. The summed E-state index contributed by atoms with van der Waals surface area (Å²) in [5.41, 5.74) is 10.2. The van der Waals surface area contributed by atoms with E-state index in [2.05, 4.69) is 0 Å². The molecule has 0 aromatic heterocycles. The van der Waals surface area contributed by atoms with Gasteiger partial charge in [-0.3, -0.25) is 0 Å². The van der Waals surface area contributed by atoms with Gasteiger partial charge in [0, 0.05) is 12.1 Å². The van der Waals surface area contributed by atoms with Crippen molar-refractivity contribution in [2.45, 2.75) is 31.3 Å². The summed E-state index contributed by atoms with van der Waals surface area (Å²) in [6.45, 7) is 0. The summed E-state index contributed by atoms with van der Waals surface area (Å²) in [6.07, 6.45) is 0.636. The Hall–Kier alpha value is 2.13. The Labute approximate surface area is 173 Å². The summed E-state index contributed by atoms with van der Waals surface area (Å²) in [7, 11) is 0. The van der Waals surface area contributed by atoms with Crippen molar-refractivity contribution in [1.82, 2.24) is 0 Å². The van der Waals surface area contributed by atoms with Crippen LogP contribution in [-0.4, -0.2) is 24.0 Å². The van der Waals surface area contributed by atoms with Crippen LogP contribution in [0.25, 0.3) is 0 Å². The van der Waals surface area contributed by atoms with Crippen LogP contribution in [0.15, 0.2) is 0 Å². The molecule has 2 atom stereocenters. The molecular formula is C7H12K2N2O4. The van der Waals surface area contributed by atoms with E-state index in [1.165, 1.54) is 0 Å². The van der Waals surface area contributed by atoms with Crippen LogP contribution in [0.5, 0.6) is 0 Å². The van der Waals surface area contributed by atoms with Gasteiger partial charge in [0.2, 0.25) is 0 Å². The van der Waals surface area contributed by atoms with Crippen LogP contribution in [0.4, 0.5) is 0 Å². The van der Waals surface area contributed by atoms with Crippen molar-refractivity contribution in [1.29, 1.82) is 0 Å². The van der Waals surface area contributed by atoms with Crippen LogP contribution in [-0.2, 0) is 9.59 Å². The molecule has 0 aromatic carbocycles. The van der Waals surface area contributed by atoms with Crippen LogP contribution in [0.2, 0.25) is 0 Å². The molecule has 0 aliphatic rings. The second-order valence-corrected chi connectivity index (χ2v) is 2.78. The Morgan fingerprint density at radius 2 is 1.20 bits per heavy atom. The fourth-order valence-corrected chi connectivity index (χ4v) is 0.793. The van der Waals surface area contributed by atoms with Gasteiger partial charge in [0.25, 0.3) is 0 Å². The van der Waals surface area contributed by atoms with Gasteiger partial charge in [-0.2, -0.15) is 0 Å². The van der Waals surface area contributed by atoms with E-state index in [0.717, 1.165) is 0 Å². The van der Waals surface area contributed by atoms with Crippen molar-refractivity contribution in [3.8, 4) is 0 Å². The minimum atomic E-state index is -1.35. The molecule has 0 saturated heterocycles. The number of hydrogen-bond acceptors (Lipinski definition) is 6. The average Bonchev–Trinajstić information content (AvgIpc) is 2.03. The van der Waals surface area contributed by atoms with Crippen molar-refractivity contribution in [2.24, 2.45) is 11.5 Å². The molecule has 4 N–H and O–H groups in total. The van der Waals surface area contributed by atoms with E-state index in [4.69, 9.17) is 11.5 Å². The number of hydrogen-bond donors (Lipinski definition) is 2. The van der Waals surface area contributed by atoms with Crippen LogP contribution in [0, 0.1) is 0 Å². The molecular weight excluding hydrogens is 254 g/mol. The molecule has 15 heavy (non-hydrogen) atoms. The second-order valence-electron chi connectivity index (χ2n) is 2.78. The smallest absolute Gasteiger partial charge is 0.548 e. The van der Waals surface area contributed by atoms with Crippen molar-refractivity contribution in [3.05, 3.63) is 0 Å². The molecule has 0 unspecified atom stereocenters. The molecule has 0 amide bonds. The van der Waals surface area contributed by atoms with Gasteiger partial charge < -0.3 is 31.3 Å². The Morgan fingerprint density at radius 1 is 0.933 bits per heavy atom. The van der Waals surface area contributed by atoms with Gasteiger partial charge in [-0.05, 0) is 19.3 Å². The predicted octanol–water partition coefficient (Wildman–Crippen LogP) is -9.68. The topological polar surface area (TPSA) is 132 Å². The van der Waals surface area contributed by atoms with Gasteiger partial charge in [0.1, 0.15) is 0 Å². The molecule has 6 nitrogen and oxygen atoms in total. The second kappa shape index (κ2) is 12.6. The van der Waals surface area contributed by atoms with Crippen molar-refractivity contribution < 1.29 is 123 Å². The normalized spacial score (nSPS) is 12.9. The van der Waals surface area contributed by atoms with E-state index in [1.54, 1.807) is 0 Å². The van der Waals surface area contributed by atoms with Crippen LogP contribution >= 0.6 is 0 Å². The molecule has 0 spiro atoms. The first-order chi connectivity index (χ1) is 5.95. The van der Waals surface area contributed by atoms with Gasteiger partial charge in [0.05, 0.1) is 11.9 Å². The Balaban J connectivity index is -0.000000720. The van der Waals surface area contributed by atoms with Crippen molar-refractivity contribution >= 4 is 11.9 Å². The fraction of sp³-hybridized carbons (Fsp3) is 0.714. The fourth-order valence-electron chi connectivity index (χ4n) is 0.793. The van der Waals surface area contributed by atoms with Crippen molar-refractivity contribution in [2.75, 3.05) is 0 Å². The predicted molar refractivity (Wildman–Crippen MR) is 39.8 cm³/mol. The zero-order valence-corrected chi connectivity index (χ0v) is 15.3. The molecule has 0 saturated carbocycles.